The van der Waals surface area contributed by atoms with Crippen LogP contribution in [0, 0.1) is 23.7 Å². The van der Waals surface area contributed by atoms with E-state index in [1.54, 1.807) is 7.11 Å². The number of ether oxygens (including phenoxy) is 2. The van der Waals surface area contributed by atoms with Gasteiger partial charge in [-0.25, -0.2) is 0 Å². The Balaban J connectivity index is 1.43. The van der Waals surface area contributed by atoms with Crippen molar-refractivity contribution >= 4 is 11.6 Å². The second-order valence-corrected chi connectivity index (χ2v) is 8.70. The summed E-state index contributed by atoms with van der Waals surface area (Å²) in [5, 5.41) is 4.52. The van der Waals surface area contributed by atoms with Crippen LogP contribution in [0.3, 0.4) is 0 Å². The molecule has 0 aromatic heterocycles. The first-order chi connectivity index (χ1) is 12.2. The van der Waals surface area contributed by atoms with E-state index in [0.717, 1.165) is 42.4 Å². The summed E-state index contributed by atoms with van der Waals surface area (Å²) in [5.74, 6) is 5.23. The number of benzene rings is 1. The molecular weight excluding hydrogens is 334 g/mol. The molecule has 0 saturated heterocycles. The summed E-state index contributed by atoms with van der Waals surface area (Å²) in [5.41, 5.74) is 1.18. The Bertz CT molecular complexity index is 590. The molecule has 0 amide bonds. The second-order valence-electron chi connectivity index (χ2n) is 8.29. The Labute approximate surface area is 156 Å². The minimum Gasteiger partial charge on any atom is -0.493 e. The summed E-state index contributed by atoms with van der Waals surface area (Å²) in [6, 6.07) is 4.78. The van der Waals surface area contributed by atoms with Gasteiger partial charge in [-0.3, -0.25) is 0 Å². The van der Waals surface area contributed by atoms with Gasteiger partial charge in [0, 0.05) is 12.6 Å². The van der Waals surface area contributed by atoms with Gasteiger partial charge in [-0.2, -0.15) is 0 Å². The van der Waals surface area contributed by atoms with E-state index in [1.165, 1.54) is 37.7 Å². The zero-order valence-corrected chi connectivity index (χ0v) is 16.1. The maximum absolute atomic E-state index is 6.46. The fourth-order valence-corrected chi connectivity index (χ4v) is 6.00. The third kappa shape index (κ3) is 3.50. The van der Waals surface area contributed by atoms with Crippen molar-refractivity contribution in [3.05, 3.63) is 22.7 Å². The molecule has 0 atom stereocenters. The molecule has 0 radical (unpaired) electrons. The van der Waals surface area contributed by atoms with Gasteiger partial charge in [-0.05, 0) is 79.9 Å². The van der Waals surface area contributed by atoms with E-state index in [1.807, 2.05) is 6.07 Å². The summed E-state index contributed by atoms with van der Waals surface area (Å²) in [4.78, 5) is 0. The molecule has 138 valence electrons. The van der Waals surface area contributed by atoms with E-state index < -0.39 is 0 Å². The lowest BCUT2D eigenvalue weighted by molar-refractivity contribution is -0.0142. The number of hydrogen-bond donors (Lipinski definition) is 1. The van der Waals surface area contributed by atoms with Gasteiger partial charge >= 0.3 is 0 Å². The van der Waals surface area contributed by atoms with E-state index in [9.17, 15) is 0 Å². The average molecular weight is 364 g/mol. The minimum absolute atomic E-state index is 0.648. The first kappa shape index (κ1) is 17.5. The average Bonchev–Trinajstić information content (AvgIpc) is 2.59. The van der Waals surface area contributed by atoms with E-state index in [0.29, 0.717) is 23.4 Å². The van der Waals surface area contributed by atoms with Gasteiger partial charge < -0.3 is 14.8 Å². The molecule has 4 aliphatic rings. The summed E-state index contributed by atoms with van der Waals surface area (Å²) in [7, 11) is 1.68. The molecule has 4 saturated carbocycles. The van der Waals surface area contributed by atoms with Gasteiger partial charge in [0.15, 0.2) is 11.5 Å². The zero-order chi connectivity index (χ0) is 17.4. The predicted octanol–water partition coefficient (Wildman–Crippen LogP) is 5.05. The van der Waals surface area contributed by atoms with Crippen molar-refractivity contribution in [3.63, 3.8) is 0 Å². The fourth-order valence-electron chi connectivity index (χ4n) is 5.71. The van der Waals surface area contributed by atoms with Crippen LogP contribution in [0.25, 0.3) is 0 Å². The highest BCUT2D eigenvalue weighted by Gasteiger charge is 2.47. The van der Waals surface area contributed by atoms with E-state index >= 15 is 0 Å². The Hall–Kier alpha value is -0.930. The van der Waals surface area contributed by atoms with Gasteiger partial charge in [0.2, 0.25) is 0 Å². The van der Waals surface area contributed by atoms with Gasteiger partial charge in [-0.1, -0.05) is 18.5 Å². The standard InChI is InChI=1S/C21H30ClNO2/c1-3-4-25-21-18(22)10-15(11-19(21)24-2)12-23-20-16-6-13-5-14(8-16)9-17(20)7-13/h10-11,13-14,16-17,20,23H,3-9,12H2,1-2H3. The molecule has 0 aliphatic heterocycles. The maximum Gasteiger partial charge on any atom is 0.179 e. The zero-order valence-electron chi connectivity index (χ0n) is 15.4. The molecule has 1 aromatic rings. The molecular formula is C21H30ClNO2. The summed E-state index contributed by atoms with van der Waals surface area (Å²) < 4.78 is 11.3. The lowest BCUT2D eigenvalue weighted by Gasteiger charge is -2.54. The van der Waals surface area contributed by atoms with Crippen LogP contribution in [0.15, 0.2) is 12.1 Å². The molecule has 3 nitrogen and oxygen atoms in total. The van der Waals surface area contributed by atoms with Crippen LogP contribution >= 0.6 is 11.6 Å². The molecule has 4 fully saturated rings. The van der Waals surface area contributed by atoms with Gasteiger partial charge in [0.25, 0.3) is 0 Å². The lowest BCUT2D eigenvalue weighted by Crippen LogP contribution is -2.54. The van der Waals surface area contributed by atoms with Crippen molar-refractivity contribution in [2.45, 2.75) is 58.0 Å². The van der Waals surface area contributed by atoms with Crippen molar-refractivity contribution in [2.75, 3.05) is 13.7 Å². The fraction of sp³-hybridized carbons (Fsp3) is 0.714. The molecule has 0 spiro atoms. The highest BCUT2D eigenvalue weighted by molar-refractivity contribution is 6.32. The lowest BCUT2D eigenvalue weighted by atomic mass is 9.54. The molecule has 4 heteroatoms. The second kappa shape index (κ2) is 7.36. The largest absolute Gasteiger partial charge is 0.493 e. The monoisotopic (exact) mass is 363 g/mol. The molecule has 1 aromatic carbocycles. The first-order valence-corrected chi connectivity index (χ1v) is 10.3. The van der Waals surface area contributed by atoms with Crippen molar-refractivity contribution < 1.29 is 9.47 Å². The molecule has 25 heavy (non-hydrogen) atoms. The summed E-state index contributed by atoms with van der Waals surface area (Å²) >= 11 is 6.46. The number of rotatable bonds is 7. The summed E-state index contributed by atoms with van der Waals surface area (Å²) in [6.07, 6.45) is 8.23. The Morgan fingerprint density at radius 2 is 1.76 bits per heavy atom. The van der Waals surface area contributed by atoms with Crippen LogP contribution in [0.1, 0.15) is 51.0 Å². The van der Waals surface area contributed by atoms with Crippen molar-refractivity contribution in [1.29, 1.82) is 0 Å². The highest BCUT2D eigenvalue weighted by Crippen LogP contribution is 2.53. The Morgan fingerprint density at radius 1 is 1.08 bits per heavy atom. The normalized spacial score (nSPS) is 32.8. The maximum atomic E-state index is 6.46. The quantitative estimate of drug-likeness (QED) is 0.735. The SMILES string of the molecule is CCCOc1c(Cl)cc(CNC2C3CC4CC(C3)CC2C4)cc1OC. The third-order valence-corrected chi connectivity index (χ3v) is 6.79. The number of methoxy groups -OCH3 is 1. The van der Waals surface area contributed by atoms with Crippen molar-refractivity contribution in [3.8, 4) is 11.5 Å². The van der Waals surface area contributed by atoms with Crippen LogP contribution in [-0.4, -0.2) is 19.8 Å². The number of halogens is 1. The predicted molar refractivity (Wildman–Crippen MR) is 101 cm³/mol. The molecule has 4 aliphatic carbocycles. The smallest absolute Gasteiger partial charge is 0.179 e. The van der Waals surface area contributed by atoms with E-state index in [2.05, 4.69) is 18.3 Å². The molecule has 5 rings (SSSR count). The summed E-state index contributed by atoms with van der Waals surface area (Å²) in [6.45, 7) is 3.60. The van der Waals surface area contributed by atoms with Crippen LogP contribution in [0.2, 0.25) is 5.02 Å². The Kier molecular flexibility index (Phi) is 5.15. The third-order valence-electron chi connectivity index (χ3n) is 6.51. The highest BCUT2D eigenvalue weighted by atomic mass is 35.5. The van der Waals surface area contributed by atoms with E-state index in [4.69, 9.17) is 21.1 Å². The van der Waals surface area contributed by atoms with Gasteiger partial charge in [-0.15, -0.1) is 0 Å². The van der Waals surface area contributed by atoms with E-state index in [-0.39, 0.29) is 0 Å². The van der Waals surface area contributed by atoms with Crippen LogP contribution < -0.4 is 14.8 Å². The van der Waals surface area contributed by atoms with Gasteiger partial charge in [0.1, 0.15) is 0 Å². The van der Waals surface area contributed by atoms with Crippen LogP contribution in [0.4, 0.5) is 0 Å². The van der Waals surface area contributed by atoms with Crippen LogP contribution in [-0.2, 0) is 6.54 Å². The topological polar surface area (TPSA) is 30.5 Å². The molecule has 0 unspecified atom stereocenters. The first-order valence-electron chi connectivity index (χ1n) is 9.90. The van der Waals surface area contributed by atoms with Crippen molar-refractivity contribution in [2.24, 2.45) is 23.7 Å². The number of hydrogen-bond acceptors (Lipinski definition) is 3. The molecule has 0 heterocycles. The van der Waals surface area contributed by atoms with Crippen LogP contribution in [0.5, 0.6) is 11.5 Å². The Morgan fingerprint density at radius 3 is 2.36 bits per heavy atom. The van der Waals surface area contributed by atoms with Crippen molar-refractivity contribution in [1.82, 2.24) is 5.32 Å². The molecule has 4 bridgehead atoms. The number of nitrogens with one attached hydrogen (secondary N) is 1. The molecule has 1 N–H and O–H groups in total. The van der Waals surface area contributed by atoms with Gasteiger partial charge in [0.05, 0.1) is 18.7 Å². The minimum atomic E-state index is 0.648.